The largest absolute Gasteiger partial charge is 0.347 e. The van der Waals surface area contributed by atoms with Crippen LogP contribution < -0.4 is 5.32 Å². The van der Waals surface area contributed by atoms with Gasteiger partial charge in [0.05, 0.1) is 12.2 Å². The lowest BCUT2D eigenvalue weighted by molar-refractivity contribution is 0.0954. The standard InChI is InChI=1S/C19H25N3OS/c1-14-6-8-16(9-7-14)12-20-19(23)18-15(2)21-17(24-18)13-22-10-4-3-5-11-22/h6-9H,3-5,10-13H2,1-2H3,(H,20,23). The first-order valence-corrected chi connectivity index (χ1v) is 9.46. The molecule has 0 bridgehead atoms. The second-order valence-electron chi connectivity index (χ2n) is 6.53. The molecule has 0 atom stereocenters. The molecule has 1 aliphatic heterocycles. The zero-order chi connectivity index (χ0) is 16.9. The van der Waals surface area contributed by atoms with Gasteiger partial charge in [-0.1, -0.05) is 36.2 Å². The fourth-order valence-electron chi connectivity index (χ4n) is 3.01. The van der Waals surface area contributed by atoms with Gasteiger partial charge >= 0.3 is 0 Å². The minimum atomic E-state index is -0.0181. The van der Waals surface area contributed by atoms with Gasteiger partial charge in [0.2, 0.25) is 0 Å². The number of nitrogens with zero attached hydrogens (tertiary/aromatic N) is 2. The van der Waals surface area contributed by atoms with Crippen LogP contribution in [0.5, 0.6) is 0 Å². The second kappa shape index (κ2) is 7.90. The second-order valence-corrected chi connectivity index (χ2v) is 7.61. The maximum Gasteiger partial charge on any atom is 0.263 e. The Morgan fingerprint density at radius 3 is 2.58 bits per heavy atom. The van der Waals surface area contributed by atoms with Gasteiger partial charge in [-0.15, -0.1) is 11.3 Å². The number of carbonyl (C=O) groups is 1. The van der Waals surface area contributed by atoms with Crippen LogP contribution >= 0.6 is 11.3 Å². The molecule has 1 fully saturated rings. The van der Waals surface area contributed by atoms with Crippen molar-refractivity contribution in [2.45, 2.75) is 46.2 Å². The summed E-state index contributed by atoms with van der Waals surface area (Å²) in [6.07, 6.45) is 3.88. The van der Waals surface area contributed by atoms with Crippen molar-refractivity contribution in [1.29, 1.82) is 0 Å². The van der Waals surface area contributed by atoms with Gasteiger partial charge in [-0.2, -0.15) is 0 Å². The molecule has 3 rings (SSSR count). The number of amides is 1. The van der Waals surface area contributed by atoms with Gasteiger partial charge in [0, 0.05) is 6.54 Å². The molecular weight excluding hydrogens is 318 g/mol. The van der Waals surface area contributed by atoms with E-state index in [1.54, 1.807) is 0 Å². The van der Waals surface area contributed by atoms with Crippen molar-refractivity contribution in [3.63, 3.8) is 0 Å². The summed E-state index contributed by atoms with van der Waals surface area (Å²) >= 11 is 1.53. The van der Waals surface area contributed by atoms with E-state index in [1.807, 2.05) is 6.92 Å². The number of rotatable bonds is 5. The third kappa shape index (κ3) is 4.42. The summed E-state index contributed by atoms with van der Waals surface area (Å²) in [5, 5.41) is 4.06. The topological polar surface area (TPSA) is 45.2 Å². The molecule has 5 heteroatoms. The van der Waals surface area contributed by atoms with Crippen LogP contribution in [0.1, 0.15) is 50.8 Å². The Morgan fingerprint density at radius 2 is 1.88 bits per heavy atom. The Hall–Kier alpha value is -1.72. The number of thiazole rings is 1. The molecule has 0 spiro atoms. The number of hydrogen-bond donors (Lipinski definition) is 1. The smallest absolute Gasteiger partial charge is 0.263 e. The van der Waals surface area contributed by atoms with Crippen LogP contribution in [0.4, 0.5) is 0 Å². The van der Waals surface area contributed by atoms with Crippen LogP contribution in [0.25, 0.3) is 0 Å². The highest BCUT2D eigenvalue weighted by atomic mass is 32.1. The minimum absolute atomic E-state index is 0.0181. The molecule has 0 unspecified atom stereocenters. The van der Waals surface area contributed by atoms with E-state index in [-0.39, 0.29) is 5.91 Å². The van der Waals surface area contributed by atoms with E-state index >= 15 is 0 Å². The molecule has 1 aromatic heterocycles. The number of carbonyl (C=O) groups excluding carboxylic acids is 1. The summed E-state index contributed by atoms with van der Waals surface area (Å²) in [6.45, 7) is 7.71. The lowest BCUT2D eigenvalue weighted by atomic mass is 10.1. The molecule has 4 nitrogen and oxygen atoms in total. The molecule has 0 saturated carbocycles. The van der Waals surface area contributed by atoms with Gasteiger partial charge in [-0.05, 0) is 45.3 Å². The number of likely N-dealkylation sites (tertiary alicyclic amines) is 1. The average Bonchev–Trinajstić information content (AvgIpc) is 2.95. The van der Waals surface area contributed by atoms with Crippen LogP contribution in [-0.2, 0) is 13.1 Å². The first-order chi connectivity index (χ1) is 11.6. The van der Waals surface area contributed by atoms with E-state index < -0.39 is 0 Å². The molecule has 1 aromatic carbocycles. The van der Waals surface area contributed by atoms with Crippen LogP contribution in [0, 0.1) is 13.8 Å². The van der Waals surface area contributed by atoms with Crippen molar-refractivity contribution in [2.24, 2.45) is 0 Å². The van der Waals surface area contributed by atoms with E-state index in [1.165, 1.54) is 36.2 Å². The molecule has 24 heavy (non-hydrogen) atoms. The third-order valence-corrected chi connectivity index (χ3v) is 5.57. The summed E-state index contributed by atoms with van der Waals surface area (Å²) in [5.41, 5.74) is 3.18. The quantitative estimate of drug-likeness (QED) is 0.901. The zero-order valence-corrected chi connectivity index (χ0v) is 15.3. The Morgan fingerprint density at radius 1 is 1.17 bits per heavy atom. The Labute approximate surface area is 147 Å². The van der Waals surface area contributed by atoms with Crippen molar-refractivity contribution < 1.29 is 4.79 Å². The Balaban J connectivity index is 1.59. The predicted molar refractivity (Wildman–Crippen MR) is 98.3 cm³/mol. The van der Waals surface area contributed by atoms with Gasteiger partial charge in [0.15, 0.2) is 0 Å². The van der Waals surface area contributed by atoms with E-state index in [4.69, 9.17) is 0 Å². The fourth-order valence-corrected chi connectivity index (χ4v) is 4.03. The van der Waals surface area contributed by atoms with Crippen LogP contribution in [-0.4, -0.2) is 28.9 Å². The van der Waals surface area contributed by atoms with Gasteiger partial charge in [-0.3, -0.25) is 9.69 Å². The summed E-state index contributed by atoms with van der Waals surface area (Å²) in [7, 11) is 0. The average molecular weight is 343 g/mol. The maximum absolute atomic E-state index is 12.5. The molecule has 128 valence electrons. The lowest BCUT2D eigenvalue weighted by Crippen LogP contribution is -2.29. The predicted octanol–water partition coefficient (Wildman–Crippen LogP) is 3.68. The summed E-state index contributed by atoms with van der Waals surface area (Å²) in [4.78, 5) is 20.3. The molecule has 1 N–H and O–H groups in total. The Kier molecular flexibility index (Phi) is 5.63. The maximum atomic E-state index is 12.5. The fraction of sp³-hybridized carbons (Fsp3) is 0.474. The third-order valence-electron chi connectivity index (χ3n) is 4.43. The van der Waals surface area contributed by atoms with Gasteiger partial charge in [-0.25, -0.2) is 4.98 Å². The van der Waals surface area contributed by atoms with E-state index in [9.17, 15) is 4.79 Å². The molecule has 1 saturated heterocycles. The van der Waals surface area contributed by atoms with Crippen LogP contribution in [0.3, 0.4) is 0 Å². The van der Waals surface area contributed by atoms with Crippen LogP contribution in [0.15, 0.2) is 24.3 Å². The normalized spacial score (nSPS) is 15.4. The Bertz CT molecular complexity index is 687. The van der Waals surface area contributed by atoms with Crippen molar-refractivity contribution in [3.05, 3.63) is 51.0 Å². The van der Waals surface area contributed by atoms with E-state index in [2.05, 4.69) is 46.4 Å². The first kappa shape index (κ1) is 17.1. The molecule has 2 aromatic rings. The monoisotopic (exact) mass is 343 g/mol. The highest BCUT2D eigenvalue weighted by Crippen LogP contribution is 2.21. The lowest BCUT2D eigenvalue weighted by Gasteiger charge is -2.25. The van der Waals surface area contributed by atoms with Crippen molar-refractivity contribution in [1.82, 2.24) is 15.2 Å². The minimum Gasteiger partial charge on any atom is -0.347 e. The summed E-state index contributed by atoms with van der Waals surface area (Å²) in [5.74, 6) is -0.0181. The summed E-state index contributed by atoms with van der Waals surface area (Å²) in [6, 6.07) is 8.24. The highest BCUT2D eigenvalue weighted by Gasteiger charge is 2.18. The summed E-state index contributed by atoms with van der Waals surface area (Å²) < 4.78 is 0. The van der Waals surface area contributed by atoms with Crippen molar-refractivity contribution in [3.8, 4) is 0 Å². The SMILES string of the molecule is Cc1ccc(CNC(=O)c2sc(CN3CCCCC3)nc2C)cc1. The molecule has 1 aliphatic rings. The van der Waals surface area contributed by atoms with E-state index in [0.29, 0.717) is 6.54 Å². The zero-order valence-electron chi connectivity index (χ0n) is 14.5. The number of aromatic nitrogens is 1. The van der Waals surface area contributed by atoms with Gasteiger partial charge < -0.3 is 5.32 Å². The molecule has 2 heterocycles. The van der Waals surface area contributed by atoms with Gasteiger partial charge in [0.25, 0.3) is 5.91 Å². The number of hydrogen-bond acceptors (Lipinski definition) is 4. The van der Waals surface area contributed by atoms with Crippen molar-refractivity contribution >= 4 is 17.2 Å². The van der Waals surface area contributed by atoms with Crippen LogP contribution in [0.2, 0.25) is 0 Å². The molecule has 0 aliphatic carbocycles. The number of piperidine rings is 1. The molecule has 0 radical (unpaired) electrons. The van der Waals surface area contributed by atoms with Gasteiger partial charge in [0.1, 0.15) is 9.88 Å². The number of nitrogens with one attached hydrogen (secondary N) is 1. The number of aryl methyl sites for hydroxylation is 2. The van der Waals surface area contributed by atoms with Crippen molar-refractivity contribution in [2.75, 3.05) is 13.1 Å². The first-order valence-electron chi connectivity index (χ1n) is 8.64. The number of benzene rings is 1. The van der Waals surface area contributed by atoms with E-state index in [0.717, 1.165) is 40.8 Å². The molecular formula is C19H25N3OS. The highest BCUT2D eigenvalue weighted by molar-refractivity contribution is 7.13. The molecule has 1 amide bonds.